The van der Waals surface area contributed by atoms with Crippen LogP contribution in [-0.2, 0) is 18.4 Å². The highest BCUT2D eigenvalue weighted by molar-refractivity contribution is 5.78. The second-order valence-electron chi connectivity index (χ2n) is 4.37. The lowest BCUT2D eigenvalue weighted by Crippen LogP contribution is -2.40. The maximum absolute atomic E-state index is 11.8. The lowest BCUT2D eigenvalue weighted by atomic mass is 9.99. The van der Waals surface area contributed by atoms with E-state index in [1.807, 2.05) is 29.9 Å². The third kappa shape index (κ3) is 2.64. The second-order valence-corrected chi connectivity index (χ2v) is 4.37. The molecule has 4 heteroatoms. The third-order valence-electron chi connectivity index (χ3n) is 3.16. The number of piperidine rings is 1. The van der Waals surface area contributed by atoms with E-state index < -0.39 is 0 Å². The van der Waals surface area contributed by atoms with Crippen LogP contribution in [0.3, 0.4) is 0 Å². The Morgan fingerprint density at radius 3 is 3.19 bits per heavy atom. The zero-order valence-electron chi connectivity index (χ0n) is 9.70. The number of aryl methyl sites for hydroxylation is 1. The molecule has 2 rings (SSSR count). The Kier molecular flexibility index (Phi) is 3.62. The van der Waals surface area contributed by atoms with Crippen LogP contribution in [0.5, 0.6) is 0 Å². The highest BCUT2D eigenvalue weighted by Gasteiger charge is 2.20. The molecule has 1 aliphatic rings. The minimum Gasteiger partial charge on any atom is -0.353 e. The molecule has 2 heterocycles. The van der Waals surface area contributed by atoms with Crippen LogP contribution in [0.25, 0.3) is 0 Å². The van der Waals surface area contributed by atoms with Gasteiger partial charge in [0.1, 0.15) is 0 Å². The van der Waals surface area contributed by atoms with Crippen molar-refractivity contribution in [1.29, 1.82) is 0 Å². The summed E-state index contributed by atoms with van der Waals surface area (Å²) in [6.45, 7) is 2.49. The quantitative estimate of drug-likeness (QED) is 0.787. The van der Waals surface area contributed by atoms with Crippen LogP contribution in [0, 0.1) is 5.92 Å². The summed E-state index contributed by atoms with van der Waals surface area (Å²) in [6.07, 6.45) is 4.10. The standard InChI is InChI=1S/C12H19N3O/c1-15-7-3-5-11(15)9-14-12(16)10-4-2-6-13-8-10/h3,5,7,10,13H,2,4,6,8-9H2,1H3,(H,14,16)/t10-/m1/s1. The molecule has 0 aliphatic carbocycles. The summed E-state index contributed by atoms with van der Waals surface area (Å²) < 4.78 is 2.03. The van der Waals surface area contributed by atoms with Crippen molar-refractivity contribution in [2.75, 3.05) is 13.1 Å². The molecule has 0 unspecified atom stereocenters. The van der Waals surface area contributed by atoms with Gasteiger partial charge in [-0.15, -0.1) is 0 Å². The van der Waals surface area contributed by atoms with Gasteiger partial charge < -0.3 is 15.2 Å². The first-order valence-corrected chi connectivity index (χ1v) is 5.86. The molecule has 1 aromatic rings. The molecule has 0 aromatic carbocycles. The van der Waals surface area contributed by atoms with E-state index >= 15 is 0 Å². The summed E-state index contributed by atoms with van der Waals surface area (Å²) in [5.74, 6) is 0.322. The fourth-order valence-electron chi connectivity index (χ4n) is 2.08. The highest BCUT2D eigenvalue weighted by Crippen LogP contribution is 2.10. The Morgan fingerprint density at radius 1 is 1.69 bits per heavy atom. The fourth-order valence-corrected chi connectivity index (χ4v) is 2.08. The number of rotatable bonds is 3. The molecule has 0 bridgehead atoms. The summed E-state index contributed by atoms with van der Waals surface area (Å²) in [5.41, 5.74) is 1.14. The van der Waals surface area contributed by atoms with Gasteiger partial charge in [0.05, 0.1) is 12.5 Å². The van der Waals surface area contributed by atoms with E-state index in [1.54, 1.807) is 0 Å². The van der Waals surface area contributed by atoms with Crippen molar-refractivity contribution in [2.45, 2.75) is 19.4 Å². The van der Waals surface area contributed by atoms with Gasteiger partial charge in [0, 0.05) is 25.5 Å². The highest BCUT2D eigenvalue weighted by atomic mass is 16.1. The zero-order valence-corrected chi connectivity index (χ0v) is 9.70. The molecule has 88 valence electrons. The van der Waals surface area contributed by atoms with Crippen LogP contribution in [-0.4, -0.2) is 23.6 Å². The van der Waals surface area contributed by atoms with Gasteiger partial charge in [-0.05, 0) is 31.5 Å². The van der Waals surface area contributed by atoms with Gasteiger partial charge in [0.15, 0.2) is 0 Å². The minimum atomic E-state index is 0.147. The molecule has 0 spiro atoms. The average Bonchev–Trinajstić information content (AvgIpc) is 2.73. The first-order valence-electron chi connectivity index (χ1n) is 5.86. The van der Waals surface area contributed by atoms with Crippen molar-refractivity contribution in [1.82, 2.24) is 15.2 Å². The van der Waals surface area contributed by atoms with E-state index in [0.29, 0.717) is 6.54 Å². The minimum absolute atomic E-state index is 0.147. The summed E-state index contributed by atoms with van der Waals surface area (Å²) in [5, 5.41) is 6.25. The topological polar surface area (TPSA) is 46.1 Å². The molecule has 1 amide bonds. The third-order valence-corrected chi connectivity index (χ3v) is 3.16. The molecule has 1 atom stereocenters. The second kappa shape index (κ2) is 5.16. The number of carbonyl (C=O) groups excluding carboxylic acids is 1. The lowest BCUT2D eigenvalue weighted by molar-refractivity contribution is -0.125. The van der Waals surface area contributed by atoms with E-state index in [1.165, 1.54) is 0 Å². The number of amides is 1. The predicted octanol–water partition coefficient (Wildman–Crippen LogP) is 0.641. The SMILES string of the molecule is Cn1cccc1CNC(=O)[C@@H]1CCCNC1. The Morgan fingerprint density at radius 2 is 2.56 bits per heavy atom. The molecule has 2 N–H and O–H groups in total. The van der Waals surface area contributed by atoms with Crippen molar-refractivity contribution in [3.63, 3.8) is 0 Å². The zero-order chi connectivity index (χ0) is 11.4. The summed E-state index contributed by atoms with van der Waals surface area (Å²) in [4.78, 5) is 11.8. The van der Waals surface area contributed by atoms with Crippen molar-refractivity contribution >= 4 is 5.91 Å². The van der Waals surface area contributed by atoms with Crippen LogP contribution in [0.1, 0.15) is 18.5 Å². The fraction of sp³-hybridized carbons (Fsp3) is 0.583. The van der Waals surface area contributed by atoms with Gasteiger partial charge in [-0.25, -0.2) is 0 Å². The van der Waals surface area contributed by atoms with Gasteiger partial charge in [-0.2, -0.15) is 0 Å². The monoisotopic (exact) mass is 221 g/mol. The lowest BCUT2D eigenvalue weighted by Gasteiger charge is -2.21. The van der Waals surface area contributed by atoms with Crippen LogP contribution < -0.4 is 10.6 Å². The molecule has 1 aromatic heterocycles. The van der Waals surface area contributed by atoms with Crippen LogP contribution in [0.4, 0.5) is 0 Å². The van der Waals surface area contributed by atoms with Crippen LogP contribution >= 0.6 is 0 Å². The Bertz CT molecular complexity index is 353. The molecule has 4 nitrogen and oxygen atoms in total. The smallest absolute Gasteiger partial charge is 0.224 e. The van der Waals surface area contributed by atoms with Gasteiger partial charge in [0.2, 0.25) is 5.91 Å². The average molecular weight is 221 g/mol. The maximum Gasteiger partial charge on any atom is 0.224 e. The van der Waals surface area contributed by atoms with Crippen molar-refractivity contribution < 1.29 is 4.79 Å². The number of hydrogen-bond acceptors (Lipinski definition) is 2. The molecule has 16 heavy (non-hydrogen) atoms. The molecular weight excluding hydrogens is 202 g/mol. The first kappa shape index (κ1) is 11.2. The van der Waals surface area contributed by atoms with Gasteiger partial charge >= 0.3 is 0 Å². The van der Waals surface area contributed by atoms with Crippen molar-refractivity contribution in [3.05, 3.63) is 24.0 Å². The van der Waals surface area contributed by atoms with Crippen LogP contribution in [0.2, 0.25) is 0 Å². The van der Waals surface area contributed by atoms with Gasteiger partial charge in [-0.3, -0.25) is 4.79 Å². The Balaban J connectivity index is 1.81. The first-order chi connectivity index (χ1) is 7.77. The van der Waals surface area contributed by atoms with Crippen molar-refractivity contribution in [3.8, 4) is 0 Å². The molecule has 0 saturated carbocycles. The number of nitrogens with zero attached hydrogens (tertiary/aromatic N) is 1. The van der Waals surface area contributed by atoms with Gasteiger partial charge in [-0.1, -0.05) is 0 Å². The number of aromatic nitrogens is 1. The number of hydrogen-bond donors (Lipinski definition) is 2. The van der Waals surface area contributed by atoms with E-state index in [9.17, 15) is 4.79 Å². The van der Waals surface area contributed by atoms with Crippen LogP contribution in [0.15, 0.2) is 18.3 Å². The number of nitrogens with one attached hydrogen (secondary N) is 2. The number of carbonyl (C=O) groups is 1. The van der Waals surface area contributed by atoms with E-state index in [0.717, 1.165) is 31.6 Å². The summed E-state index contributed by atoms with van der Waals surface area (Å²) in [7, 11) is 1.99. The molecule has 1 saturated heterocycles. The maximum atomic E-state index is 11.8. The summed E-state index contributed by atoms with van der Waals surface area (Å²) >= 11 is 0. The Hall–Kier alpha value is -1.29. The normalized spacial score (nSPS) is 20.7. The molecule has 0 radical (unpaired) electrons. The van der Waals surface area contributed by atoms with E-state index in [2.05, 4.69) is 10.6 Å². The van der Waals surface area contributed by atoms with E-state index in [4.69, 9.17) is 0 Å². The van der Waals surface area contributed by atoms with Gasteiger partial charge in [0.25, 0.3) is 0 Å². The molecular formula is C12H19N3O. The largest absolute Gasteiger partial charge is 0.353 e. The predicted molar refractivity (Wildman–Crippen MR) is 62.9 cm³/mol. The Labute approximate surface area is 96.0 Å². The van der Waals surface area contributed by atoms with E-state index in [-0.39, 0.29) is 11.8 Å². The summed E-state index contributed by atoms with van der Waals surface area (Å²) in [6, 6.07) is 4.02. The molecule has 1 fully saturated rings. The van der Waals surface area contributed by atoms with Crippen molar-refractivity contribution in [2.24, 2.45) is 13.0 Å². The molecule has 1 aliphatic heterocycles.